The molecule has 2 rings (SSSR count). The minimum Gasteiger partial charge on any atom is -0.467 e. The van der Waals surface area contributed by atoms with Crippen LogP contribution in [0.5, 0.6) is 0 Å². The largest absolute Gasteiger partial charge is 0.467 e. The van der Waals surface area contributed by atoms with E-state index in [1.165, 1.54) is 0 Å². The summed E-state index contributed by atoms with van der Waals surface area (Å²) in [5.41, 5.74) is -0.0598. The van der Waals surface area contributed by atoms with Gasteiger partial charge in [-0.2, -0.15) is 0 Å². The Balaban J connectivity index is 2.08. The quantitative estimate of drug-likeness (QED) is 0.784. The maximum atomic E-state index is 6.01. The fourth-order valence-electron chi connectivity index (χ4n) is 1.74. The molecule has 2 unspecified atom stereocenters. The highest BCUT2D eigenvalue weighted by atomic mass is 16.5. The van der Waals surface area contributed by atoms with Crippen LogP contribution >= 0.6 is 0 Å². The molecule has 1 saturated heterocycles. The molecule has 0 aromatic carbocycles. The summed E-state index contributed by atoms with van der Waals surface area (Å²) in [7, 11) is 0. The highest BCUT2D eigenvalue weighted by molar-refractivity contribution is 5.05. The van der Waals surface area contributed by atoms with Crippen molar-refractivity contribution in [1.82, 2.24) is 5.32 Å². The van der Waals surface area contributed by atoms with Crippen LogP contribution in [0.3, 0.4) is 0 Å². The first kappa shape index (κ1) is 9.74. The van der Waals surface area contributed by atoms with Crippen LogP contribution < -0.4 is 5.32 Å². The Kier molecular flexibility index (Phi) is 2.61. The third-order valence-corrected chi connectivity index (χ3v) is 2.86. The van der Waals surface area contributed by atoms with Crippen molar-refractivity contribution in [3.8, 4) is 0 Å². The fourth-order valence-corrected chi connectivity index (χ4v) is 1.74. The van der Waals surface area contributed by atoms with E-state index in [1.54, 1.807) is 6.26 Å². The predicted octanol–water partition coefficient (Wildman–Crippen LogP) is 2.11. The van der Waals surface area contributed by atoms with Crippen LogP contribution in [-0.2, 0) is 4.74 Å². The lowest BCUT2D eigenvalue weighted by Gasteiger charge is -2.37. The van der Waals surface area contributed by atoms with Gasteiger partial charge in [0.2, 0.25) is 0 Å². The Hall–Kier alpha value is -0.800. The van der Waals surface area contributed by atoms with E-state index in [9.17, 15) is 0 Å². The molecule has 3 heteroatoms. The molecule has 1 fully saturated rings. The second-order valence-corrected chi connectivity index (χ2v) is 4.06. The predicted molar refractivity (Wildman–Crippen MR) is 54.1 cm³/mol. The van der Waals surface area contributed by atoms with Crippen LogP contribution in [0.1, 0.15) is 32.1 Å². The zero-order valence-corrected chi connectivity index (χ0v) is 8.75. The van der Waals surface area contributed by atoms with Gasteiger partial charge in [-0.05, 0) is 25.5 Å². The van der Waals surface area contributed by atoms with E-state index in [0.717, 1.165) is 25.3 Å². The average Bonchev–Trinajstić information content (AvgIpc) is 2.71. The number of morpholine rings is 1. The van der Waals surface area contributed by atoms with Gasteiger partial charge in [-0.1, -0.05) is 6.92 Å². The molecule has 1 N–H and O–H groups in total. The summed E-state index contributed by atoms with van der Waals surface area (Å²) < 4.78 is 11.4. The van der Waals surface area contributed by atoms with Crippen LogP contribution in [0.25, 0.3) is 0 Å². The standard InChI is InChI=1S/C11H17NO2/c1-3-11(2)8-12-7-10(14-11)9-5-4-6-13-9/h4-6,10,12H,3,7-8H2,1-2H3. The van der Waals surface area contributed by atoms with Crippen molar-refractivity contribution in [2.24, 2.45) is 0 Å². The van der Waals surface area contributed by atoms with Crippen molar-refractivity contribution in [2.75, 3.05) is 13.1 Å². The molecule has 1 aliphatic heterocycles. The van der Waals surface area contributed by atoms with Gasteiger partial charge in [-0.15, -0.1) is 0 Å². The van der Waals surface area contributed by atoms with Gasteiger partial charge < -0.3 is 14.5 Å². The van der Waals surface area contributed by atoms with Crippen LogP contribution in [0.4, 0.5) is 0 Å². The minimum atomic E-state index is -0.0598. The minimum absolute atomic E-state index is 0.0590. The maximum Gasteiger partial charge on any atom is 0.133 e. The molecule has 0 amide bonds. The zero-order chi connectivity index (χ0) is 10.0. The lowest BCUT2D eigenvalue weighted by molar-refractivity contribution is -0.116. The normalized spacial score (nSPS) is 33.1. The number of ether oxygens (including phenoxy) is 1. The second-order valence-electron chi connectivity index (χ2n) is 4.06. The Morgan fingerprint density at radius 1 is 1.64 bits per heavy atom. The van der Waals surface area contributed by atoms with Gasteiger partial charge in [0.15, 0.2) is 0 Å². The van der Waals surface area contributed by atoms with E-state index < -0.39 is 0 Å². The topological polar surface area (TPSA) is 34.4 Å². The molecule has 1 aromatic heterocycles. The molecule has 2 atom stereocenters. The van der Waals surface area contributed by atoms with Crippen molar-refractivity contribution >= 4 is 0 Å². The SMILES string of the molecule is CCC1(C)CNCC(c2ccco2)O1. The van der Waals surface area contributed by atoms with E-state index in [1.807, 2.05) is 12.1 Å². The maximum absolute atomic E-state index is 6.01. The lowest BCUT2D eigenvalue weighted by Crippen LogP contribution is -2.48. The van der Waals surface area contributed by atoms with Gasteiger partial charge in [-0.25, -0.2) is 0 Å². The highest BCUT2D eigenvalue weighted by Gasteiger charge is 2.32. The van der Waals surface area contributed by atoms with Gasteiger partial charge in [0.05, 0.1) is 11.9 Å². The monoisotopic (exact) mass is 195 g/mol. The van der Waals surface area contributed by atoms with E-state index in [2.05, 4.69) is 19.2 Å². The molecular formula is C11H17NO2. The van der Waals surface area contributed by atoms with Crippen molar-refractivity contribution in [2.45, 2.75) is 32.0 Å². The molecule has 2 heterocycles. The lowest BCUT2D eigenvalue weighted by atomic mass is 10.0. The summed E-state index contributed by atoms with van der Waals surface area (Å²) >= 11 is 0. The van der Waals surface area contributed by atoms with Crippen LogP contribution in [0, 0.1) is 0 Å². The van der Waals surface area contributed by atoms with E-state index in [4.69, 9.17) is 9.15 Å². The van der Waals surface area contributed by atoms with Crippen molar-refractivity contribution in [3.63, 3.8) is 0 Å². The first-order valence-electron chi connectivity index (χ1n) is 5.15. The fraction of sp³-hybridized carbons (Fsp3) is 0.636. The van der Waals surface area contributed by atoms with E-state index in [0.29, 0.717) is 0 Å². The average molecular weight is 195 g/mol. The molecule has 0 radical (unpaired) electrons. The number of furan rings is 1. The zero-order valence-electron chi connectivity index (χ0n) is 8.75. The van der Waals surface area contributed by atoms with Gasteiger partial charge in [0.25, 0.3) is 0 Å². The van der Waals surface area contributed by atoms with Crippen molar-refractivity contribution < 1.29 is 9.15 Å². The molecule has 1 aliphatic rings. The van der Waals surface area contributed by atoms with Crippen molar-refractivity contribution in [3.05, 3.63) is 24.2 Å². The summed E-state index contributed by atoms with van der Waals surface area (Å²) in [5, 5.41) is 3.38. The number of rotatable bonds is 2. The van der Waals surface area contributed by atoms with Gasteiger partial charge in [-0.3, -0.25) is 0 Å². The number of nitrogens with one attached hydrogen (secondary N) is 1. The first-order chi connectivity index (χ1) is 6.73. The van der Waals surface area contributed by atoms with Gasteiger partial charge in [0.1, 0.15) is 11.9 Å². The van der Waals surface area contributed by atoms with Gasteiger partial charge >= 0.3 is 0 Å². The smallest absolute Gasteiger partial charge is 0.133 e. The van der Waals surface area contributed by atoms with Crippen molar-refractivity contribution in [1.29, 1.82) is 0 Å². The molecule has 78 valence electrons. The van der Waals surface area contributed by atoms with Crippen LogP contribution in [-0.4, -0.2) is 18.7 Å². The summed E-state index contributed by atoms with van der Waals surface area (Å²) in [6.45, 7) is 6.03. The summed E-state index contributed by atoms with van der Waals surface area (Å²) in [6, 6.07) is 3.87. The molecule has 3 nitrogen and oxygen atoms in total. The first-order valence-corrected chi connectivity index (χ1v) is 5.15. The Morgan fingerprint density at radius 2 is 2.50 bits per heavy atom. The molecule has 0 aliphatic carbocycles. The second kappa shape index (κ2) is 3.75. The number of hydrogen-bond donors (Lipinski definition) is 1. The van der Waals surface area contributed by atoms with Crippen LogP contribution in [0.15, 0.2) is 22.8 Å². The van der Waals surface area contributed by atoms with E-state index in [-0.39, 0.29) is 11.7 Å². The molecule has 0 saturated carbocycles. The highest BCUT2D eigenvalue weighted by Crippen LogP contribution is 2.29. The summed E-state index contributed by atoms with van der Waals surface area (Å²) in [6.07, 6.45) is 2.76. The Labute approximate surface area is 84.4 Å². The van der Waals surface area contributed by atoms with E-state index >= 15 is 0 Å². The van der Waals surface area contributed by atoms with Gasteiger partial charge in [0, 0.05) is 13.1 Å². The van der Waals surface area contributed by atoms with Crippen LogP contribution in [0.2, 0.25) is 0 Å². The third kappa shape index (κ3) is 1.83. The molecule has 0 bridgehead atoms. The molecule has 0 spiro atoms. The summed E-state index contributed by atoms with van der Waals surface area (Å²) in [4.78, 5) is 0. The Morgan fingerprint density at radius 3 is 3.14 bits per heavy atom. The summed E-state index contributed by atoms with van der Waals surface area (Å²) in [5.74, 6) is 0.914. The number of hydrogen-bond acceptors (Lipinski definition) is 3. The molecule has 1 aromatic rings. The molecule has 14 heavy (non-hydrogen) atoms. The molecular weight excluding hydrogens is 178 g/mol. The Bertz CT molecular complexity index is 283. The third-order valence-electron chi connectivity index (χ3n) is 2.86.